The fourth-order valence-electron chi connectivity index (χ4n) is 3.09. The summed E-state index contributed by atoms with van der Waals surface area (Å²) in [6.07, 6.45) is 0. The van der Waals surface area contributed by atoms with E-state index in [1.54, 1.807) is 36.4 Å². The lowest BCUT2D eigenvalue weighted by atomic mass is 9.69. The Bertz CT molecular complexity index is 750. The van der Waals surface area contributed by atoms with E-state index in [0.29, 0.717) is 11.3 Å². The highest BCUT2D eigenvalue weighted by Crippen LogP contribution is 2.38. The molecule has 4 heteroatoms. The van der Waals surface area contributed by atoms with Crippen molar-refractivity contribution in [3.63, 3.8) is 0 Å². The molecule has 2 unspecified atom stereocenters. The van der Waals surface area contributed by atoms with Crippen molar-refractivity contribution in [3.8, 4) is 5.75 Å². The molecule has 2 atom stereocenters. The molecule has 1 N–H and O–H groups in total. The number of β-lactam (4-membered cyclic amide) rings is 1. The largest absolute Gasteiger partial charge is 0.423 e. The van der Waals surface area contributed by atoms with E-state index >= 15 is 0 Å². The van der Waals surface area contributed by atoms with E-state index in [1.807, 2.05) is 32.0 Å². The average Bonchev–Trinajstić information content (AvgIpc) is 2.60. The molecule has 2 aromatic carbocycles. The first-order valence-corrected chi connectivity index (χ1v) is 8.08. The van der Waals surface area contributed by atoms with Gasteiger partial charge in [-0.15, -0.1) is 0 Å². The van der Waals surface area contributed by atoms with Gasteiger partial charge in [-0.2, -0.15) is 0 Å². The molecule has 0 aromatic heterocycles. The van der Waals surface area contributed by atoms with E-state index in [2.05, 4.69) is 12.2 Å². The number of esters is 1. The summed E-state index contributed by atoms with van der Waals surface area (Å²) in [6, 6.07) is 16.5. The van der Waals surface area contributed by atoms with Crippen molar-refractivity contribution < 1.29 is 14.3 Å². The molecule has 1 heterocycles. The molecule has 1 amide bonds. The topological polar surface area (TPSA) is 55.4 Å². The smallest absolute Gasteiger partial charge is 0.343 e. The second kappa shape index (κ2) is 6.11. The number of amides is 1. The van der Waals surface area contributed by atoms with Gasteiger partial charge in [0.2, 0.25) is 5.91 Å². The van der Waals surface area contributed by atoms with Crippen LogP contribution < -0.4 is 10.1 Å². The Kier molecular flexibility index (Phi) is 4.14. The van der Waals surface area contributed by atoms with Crippen LogP contribution in [0.25, 0.3) is 0 Å². The molecule has 0 bridgehead atoms. The fourth-order valence-corrected chi connectivity index (χ4v) is 3.09. The van der Waals surface area contributed by atoms with Crippen LogP contribution in [-0.4, -0.2) is 17.9 Å². The number of carbonyl (C=O) groups excluding carboxylic acids is 2. The zero-order valence-electron chi connectivity index (χ0n) is 14.1. The minimum atomic E-state index is -0.371. The predicted molar refractivity (Wildman–Crippen MR) is 92.0 cm³/mol. The lowest BCUT2D eigenvalue weighted by Crippen LogP contribution is -2.66. The molecule has 0 saturated carbocycles. The highest BCUT2D eigenvalue weighted by Gasteiger charge is 2.49. The lowest BCUT2D eigenvalue weighted by Gasteiger charge is -2.47. The Hall–Kier alpha value is -2.62. The monoisotopic (exact) mass is 323 g/mol. The van der Waals surface area contributed by atoms with E-state index in [-0.39, 0.29) is 29.3 Å². The molecule has 24 heavy (non-hydrogen) atoms. The highest BCUT2D eigenvalue weighted by molar-refractivity contribution is 5.91. The second-order valence-corrected chi connectivity index (χ2v) is 6.79. The molecule has 0 aliphatic carbocycles. The number of rotatable bonds is 4. The van der Waals surface area contributed by atoms with Gasteiger partial charge in [-0.3, -0.25) is 4.79 Å². The average molecular weight is 323 g/mol. The molecule has 1 fully saturated rings. The van der Waals surface area contributed by atoms with E-state index in [1.165, 1.54) is 0 Å². The molecule has 0 radical (unpaired) electrons. The van der Waals surface area contributed by atoms with Gasteiger partial charge < -0.3 is 10.1 Å². The molecule has 1 saturated heterocycles. The zero-order valence-corrected chi connectivity index (χ0v) is 14.1. The van der Waals surface area contributed by atoms with Gasteiger partial charge in [-0.25, -0.2) is 4.79 Å². The Morgan fingerprint density at radius 1 is 1.08 bits per heavy atom. The third-order valence-electron chi connectivity index (χ3n) is 4.78. The van der Waals surface area contributed by atoms with Gasteiger partial charge in [0.1, 0.15) is 5.75 Å². The first-order chi connectivity index (χ1) is 11.4. The first kappa shape index (κ1) is 16.2. The van der Waals surface area contributed by atoms with Crippen LogP contribution in [0.4, 0.5) is 0 Å². The Balaban J connectivity index is 1.68. The number of benzene rings is 2. The van der Waals surface area contributed by atoms with Gasteiger partial charge in [0, 0.05) is 12.0 Å². The molecule has 2 aromatic rings. The Morgan fingerprint density at radius 2 is 1.71 bits per heavy atom. The second-order valence-electron chi connectivity index (χ2n) is 6.79. The number of ether oxygens (including phenoxy) is 1. The Morgan fingerprint density at radius 3 is 2.25 bits per heavy atom. The zero-order chi connectivity index (χ0) is 17.3. The number of nitrogens with one attached hydrogen (secondary N) is 1. The van der Waals surface area contributed by atoms with Crippen LogP contribution in [0.5, 0.6) is 5.75 Å². The third kappa shape index (κ3) is 2.92. The standard InChI is InChI=1S/C20H21NO3/c1-13(17-20(2,3)19(23)21-17)14-9-11-16(12-10-14)24-18(22)15-7-5-4-6-8-15/h4-13,17H,1-3H3,(H,21,23). The van der Waals surface area contributed by atoms with Gasteiger partial charge in [0.15, 0.2) is 0 Å². The van der Waals surface area contributed by atoms with Crippen molar-refractivity contribution in [3.05, 3.63) is 65.7 Å². The van der Waals surface area contributed by atoms with Crippen molar-refractivity contribution in [1.29, 1.82) is 0 Å². The molecular formula is C20H21NO3. The minimum absolute atomic E-state index is 0.0905. The molecule has 0 spiro atoms. The summed E-state index contributed by atoms with van der Waals surface area (Å²) in [6.45, 7) is 6.02. The fraction of sp³-hybridized carbons (Fsp3) is 0.300. The first-order valence-electron chi connectivity index (χ1n) is 8.08. The van der Waals surface area contributed by atoms with E-state index in [4.69, 9.17) is 4.74 Å². The number of carbonyl (C=O) groups is 2. The summed E-state index contributed by atoms with van der Waals surface area (Å²) in [4.78, 5) is 23.7. The molecular weight excluding hydrogens is 302 g/mol. The maximum Gasteiger partial charge on any atom is 0.343 e. The summed E-state index contributed by atoms with van der Waals surface area (Å²) in [7, 11) is 0. The predicted octanol–water partition coefficient (Wildman–Crippen LogP) is 3.53. The van der Waals surface area contributed by atoms with E-state index in [0.717, 1.165) is 5.56 Å². The van der Waals surface area contributed by atoms with Crippen molar-refractivity contribution >= 4 is 11.9 Å². The quantitative estimate of drug-likeness (QED) is 0.532. The van der Waals surface area contributed by atoms with E-state index in [9.17, 15) is 9.59 Å². The summed E-state index contributed by atoms with van der Waals surface area (Å²) in [5, 5.41) is 2.98. The lowest BCUT2D eigenvalue weighted by molar-refractivity contribution is -0.143. The molecule has 4 nitrogen and oxygen atoms in total. The molecule has 1 aliphatic rings. The van der Waals surface area contributed by atoms with E-state index < -0.39 is 0 Å². The van der Waals surface area contributed by atoms with Crippen LogP contribution in [0.2, 0.25) is 0 Å². The van der Waals surface area contributed by atoms with Crippen LogP contribution in [-0.2, 0) is 4.79 Å². The SMILES string of the molecule is CC(c1ccc(OC(=O)c2ccccc2)cc1)C1NC(=O)C1(C)C. The van der Waals surface area contributed by atoms with Crippen molar-refractivity contribution in [2.24, 2.45) is 5.41 Å². The van der Waals surface area contributed by atoms with Crippen molar-refractivity contribution in [2.45, 2.75) is 32.7 Å². The third-order valence-corrected chi connectivity index (χ3v) is 4.78. The summed E-state index contributed by atoms with van der Waals surface area (Å²) >= 11 is 0. The highest BCUT2D eigenvalue weighted by atomic mass is 16.5. The van der Waals surface area contributed by atoms with Crippen molar-refractivity contribution in [2.75, 3.05) is 0 Å². The molecule has 1 aliphatic heterocycles. The maximum absolute atomic E-state index is 12.0. The van der Waals surface area contributed by atoms with Crippen LogP contribution in [0.3, 0.4) is 0 Å². The molecule has 3 rings (SSSR count). The van der Waals surface area contributed by atoms with Crippen LogP contribution in [0, 0.1) is 5.41 Å². The van der Waals surface area contributed by atoms with Gasteiger partial charge in [0.25, 0.3) is 0 Å². The number of hydrogen-bond donors (Lipinski definition) is 1. The minimum Gasteiger partial charge on any atom is -0.423 e. The normalized spacial score (nSPS) is 19.8. The Labute approximate surface area is 141 Å². The summed E-state index contributed by atoms with van der Waals surface area (Å²) < 4.78 is 5.39. The van der Waals surface area contributed by atoms with Crippen LogP contribution in [0.1, 0.15) is 42.6 Å². The van der Waals surface area contributed by atoms with Gasteiger partial charge in [-0.1, -0.05) is 37.3 Å². The van der Waals surface area contributed by atoms with Gasteiger partial charge in [-0.05, 0) is 43.7 Å². The van der Waals surface area contributed by atoms with Crippen LogP contribution >= 0.6 is 0 Å². The molecule has 124 valence electrons. The number of hydrogen-bond acceptors (Lipinski definition) is 3. The van der Waals surface area contributed by atoms with Crippen LogP contribution in [0.15, 0.2) is 54.6 Å². The van der Waals surface area contributed by atoms with Crippen molar-refractivity contribution in [1.82, 2.24) is 5.32 Å². The maximum atomic E-state index is 12.0. The van der Waals surface area contributed by atoms with Gasteiger partial charge in [0.05, 0.1) is 11.0 Å². The summed E-state index contributed by atoms with van der Waals surface area (Å²) in [5.74, 6) is 0.421. The van der Waals surface area contributed by atoms with Gasteiger partial charge >= 0.3 is 5.97 Å². The summed E-state index contributed by atoms with van der Waals surface area (Å²) in [5.41, 5.74) is 1.28.